The van der Waals surface area contributed by atoms with Crippen LogP contribution in [0.25, 0.3) is 16.8 Å². The molecule has 0 unspecified atom stereocenters. The van der Waals surface area contributed by atoms with Gasteiger partial charge in [-0.2, -0.15) is 9.78 Å². The number of rotatable bonds is 6. The summed E-state index contributed by atoms with van der Waals surface area (Å²) >= 11 is 0. The second-order valence-electron chi connectivity index (χ2n) is 7.70. The normalized spacial score (nSPS) is 10.9. The fourth-order valence-electron chi connectivity index (χ4n) is 3.70. The van der Waals surface area contributed by atoms with Gasteiger partial charge in [0, 0.05) is 18.0 Å². The van der Waals surface area contributed by atoms with Crippen LogP contribution in [-0.4, -0.2) is 35.9 Å². The largest absolute Gasteiger partial charge is 0.319 e. The number of nitrogens with zero attached hydrogens (tertiary/aromatic N) is 6. The van der Waals surface area contributed by atoms with Crippen LogP contribution in [-0.2, 0) is 6.54 Å². The number of hydrogen-bond acceptors (Lipinski definition) is 5. The number of amides is 1. The first-order chi connectivity index (χ1) is 16.6. The predicted molar refractivity (Wildman–Crippen MR) is 125 cm³/mol. The van der Waals surface area contributed by atoms with Crippen molar-refractivity contribution >= 4 is 11.6 Å². The molecule has 1 N–H and O–H groups in total. The summed E-state index contributed by atoms with van der Waals surface area (Å²) in [5, 5.41) is 18.3. The highest BCUT2D eigenvalue weighted by atomic mass is 19.1. The number of halogens is 1. The van der Waals surface area contributed by atoms with Crippen LogP contribution in [0.15, 0.2) is 85.2 Å². The topological polar surface area (TPSA) is 90.5 Å². The third kappa shape index (κ3) is 4.31. The van der Waals surface area contributed by atoms with Crippen LogP contribution in [0.1, 0.15) is 21.7 Å². The predicted octanol–water partition coefficient (Wildman–Crippen LogP) is 4.27. The van der Waals surface area contributed by atoms with E-state index in [1.54, 1.807) is 31.3 Å². The molecule has 8 nitrogen and oxygen atoms in total. The van der Waals surface area contributed by atoms with Crippen molar-refractivity contribution < 1.29 is 9.18 Å². The number of aryl methyl sites for hydroxylation is 1. The van der Waals surface area contributed by atoms with Gasteiger partial charge in [-0.15, -0.1) is 5.10 Å². The summed E-state index contributed by atoms with van der Waals surface area (Å²) < 4.78 is 17.8. The summed E-state index contributed by atoms with van der Waals surface area (Å²) in [6.45, 7) is 2.39. The van der Waals surface area contributed by atoms with Gasteiger partial charge in [0.15, 0.2) is 5.82 Å². The van der Waals surface area contributed by atoms with Crippen LogP contribution in [0.4, 0.5) is 10.1 Å². The lowest BCUT2D eigenvalue weighted by Gasteiger charge is -2.13. The molecule has 0 saturated carbocycles. The molecule has 2 aromatic heterocycles. The Hall–Kier alpha value is -4.66. The molecule has 0 aliphatic carbocycles. The molecule has 3 aromatic carbocycles. The molecule has 5 rings (SSSR count). The maximum atomic E-state index is 14.5. The Morgan fingerprint density at radius 3 is 2.59 bits per heavy atom. The van der Waals surface area contributed by atoms with E-state index in [0.717, 1.165) is 16.7 Å². The smallest absolute Gasteiger partial charge is 0.256 e. The second kappa shape index (κ2) is 9.07. The number of nitrogens with one attached hydrogen (secondary N) is 1. The maximum Gasteiger partial charge on any atom is 0.256 e. The van der Waals surface area contributed by atoms with Gasteiger partial charge in [-0.05, 0) is 64.4 Å². The summed E-state index contributed by atoms with van der Waals surface area (Å²) in [7, 11) is 0. The summed E-state index contributed by atoms with van der Waals surface area (Å²) in [4.78, 5) is 13.2. The molecule has 0 radical (unpaired) electrons. The zero-order chi connectivity index (χ0) is 23.5. The van der Waals surface area contributed by atoms with E-state index in [4.69, 9.17) is 0 Å². The van der Waals surface area contributed by atoms with Crippen molar-refractivity contribution in [3.63, 3.8) is 0 Å². The first kappa shape index (κ1) is 21.2. The molecule has 34 heavy (non-hydrogen) atoms. The van der Waals surface area contributed by atoms with E-state index in [1.165, 1.54) is 16.8 Å². The van der Waals surface area contributed by atoms with E-state index in [9.17, 15) is 9.18 Å². The molecule has 0 aliphatic heterocycles. The molecule has 2 heterocycles. The maximum absolute atomic E-state index is 14.5. The van der Waals surface area contributed by atoms with E-state index in [0.29, 0.717) is 23.6 Å². The van der Waals surface area contributed by atoms with Gasteiger partial charge in [-0.1, -0.05) is 42.5 Å². The van der Waals surface area contributed by atoms with Gasteiger partial charge >= 0.3 is 0 Å². The molecule has 0 saturated heterocycles. The highest BCUT2D eigenvalue weighted by Crippen LogP contribution is 2.26. The molecule has 9 heteroatoms. The van der Waals surface area contributed by atoms with Crippen molar-refractivity contribution in [3.8, 4) is 16.8 Å². The molecule has 0 atom stereocenters. The lowest BCUT2D eigenvalue weighted by molar-refractivity contribution is 0.102. The van der Waals surface area contributed by atoms with Crippen molar-refractivity contribution in [3.05, 3.63) is 108 Å². The van der Waals surface area contributed by atoms with Gasteiger partial charge in [0.1, 0.15) is 5.82 Å². The number of aromatic nitrogens is 6. The Morgan fingerprint density at radius 2 is 1.85 bits per heavy atom. The van der Waals surface area contributed by atoms with E-state index < -0.39 is 11.7 Å². The van der Waals surface area contributed by atoms with Crippen molar-refractivity contribution in [2.75, 3.05) is 5.32 Å². The Balaban J connectivity index is 1.40. The van der Waals surface area contributed by atoms with Crippen molar-refractivity contribution in [2.24, 2.45) is 0 Å². The number of tetrazole rings is 1. The van der Waals surface area contributed by atoms with Crippen LogP contribution in [0, 0.1) is 12.7 Å². The summed E-state index contributed by atoms with van der Waals surface area (Å²) in [6, 6.07) is 21.4. The monoisotopic (exact) mass is 453 g/mol. The summed E-state index contributed by atoms with van der Waals surface area (Å²) in [5.74, 6) is -0.422. The van der Waals surface area contributed by atoms with Gasteiger partial charge in [0.05, 0.1) is 17.9 Å². The Bertz CT molecular complexity index is 1440. The van der Waals surface area contributed by atoms with Gasteiger partial charge in [-0.25, -0.2) is 4.39 Å². The molecular formula is C25H20FN7O. The highest BCUT2D eigenvalue weighted by molar-refractivity contribution is 6.08. The molecule has 0 spiro atoms. The van der Waals surface area contributed by atoms with Gasteiger partial charge in [0.2, 0.25) is 0 Å². The quantitative estimate of drug-likeness (QED) is 0.415. The highest BCUT2D eigenvalue weighted by Gasteiger charge is 2.16. The minimum absolute atomic E-state index is 0.0433. The molecule has 168 valence electrons. The van der Waals surface area contributed by atoms with Crippen molar-refractivity contribution in [1.82, 2.24) is 30.0 Å². The van der Waals surface area contributed by atoms with Crippen LogP contribution in [0.2, 0.25) is 0 Å². The third-order valence-electron chi connectivity index (χ3n) is 5.41. The number of carbonyl (C=O) groups excluding carboxylic acids is 1. The Kier molecular flexibility index (Phi) is 5.65. The molecule has 0 fully saturated rings. The zero-order valence-corrected chi connectivity index (χ0v) is 18.3. The molecule has 5 aromatic rings. The third-order valence-corrected chi connectivity index (χ3v) is 5.41. The summed E-state index contributed by atoms with van der Waals surface area (Å²) in [5.41, 5.74) is 3.74. The first-order valence-electron chi connectivity index (χ1n) is 10.6. The zero-order valence-electron chi connectivity index (χ0n) is 18.3. The van der Waals surface area contributed by atoms with Gasteiger partial charge < -0.3 is 5.32 Å². The number of carbonyl (C=O) groups is 1. The van der Waals surface area contributed by atoms with Crippen LogP contribution >= 0.6 is 0 Å². The van der Waals surface area contributed by atoms with E-state index in [-0.39, 0.29) is 5.69 Å². The van der Waals surface area contributed by atoms with E-state index in [1.807, 2.05) is 53.3 Å². The van der Waals surface area contributed by atoms with Crippen LogP contribution < -0.4 is 5.32 Å². The van der Waals surface area contributed by atoms with Gasteiger partial charge in [-0.3, -0.25) is 9.48 Å². The fourth-order valence-corrected chi connectivity index (χ4v) is 3.70. The summed E-state index contributed by atoms with van der Waals surface area (Å²) in [6.07, 6.45) is 3.65. The molecule has 0 aliphatic rings. The second-order valence-corrected chi connectivity index (χ2v) is 7.70. The SMILES string of the molecule is Cc1nnnn1-c1ccc(F)c(NC(=O)c2ccccc2-c2ccc(Cn3cccn3)cc2)c1. The first-order valence-corrected chi connectivity index (χ1v) is 10.6. The van der Waals surface area contributed by atoms with Crippen LogP contribution in [0.3, 0.4) is 0 Å². The average Bonchev–Trinajstić information content (AvgIpc) is 3.53. The molecule has 1 amide bonds. The van der Waals surface area contributed by atoms with Crippen LogP contribution in [0.5, 0.6) is 0 Å². The lowest BCUT2D eigenvalue weighted by atomic mass is 9.98. The number of anilines is 1. The minimum atomic E-state index is -0.553. The van der Waals surface area contributed by atoms with E-state index >= 15 is 0 Å². The standard InChI is InChI=1S/C25H20FN7O/c1-17-29-30-31-33(17)20-11-12-23(26)24(15-20)28-25(34)22-6-3-2-5-21(22)19-9-7-18(8-10-19)16-32-14-4-13-27-32/h2-15H,16H2,1H3,(H,28,34). The lowest BCUT2D eigenvalue weighted by Crippen LogP contribution is -2.14. The number of benzene rings is 3. The fraction of sp³-hybridized carbons (Fsp3) is 0.0800. The van der Waals surface area contributed by atoms with Gasteiger partial charge in [0.25, 0.3) is 5.91 Å². The minimum Gasteiger partial charge on any atom is -0.319 e. The molecule has 0 bridgehead atoms. The molecular weight excluding hydrogens is 433 g/mol. The Labute approximate surface area is 194 Å². The average molecular weight is 453 g/mol. The number of hydrogen-bond donors (Lipinski definition) is 1. The van der Waals surface area contributed by atoms with Crippen molar-refractivity contribution in [1.29, 1.82) is 0 Å². The van der Waals surface area contributed by atoms with E-state index in [2.05, 4.69) is 25.9 Å². The Morgan fingerprint density at radius 1 is 1.03 bits per heavy atom. The van der Waals surface area contributed by atoms with Crippen molar-refractivity contribution in [2.45, 2.75) is 13.5 Å².